The summed E-state index contributed by atoms with van der Waals surface area (Å²) in [6, 6.07) is 10.0. The van der Waals surface area contributed by atoms with Gasteiger partial charge in [0.25, 0.3) is 0 Å². The zero-order valence-electron chi connectivity index (χ0n) is 16.8. The molecule has 1 atom stereocenters. The van der Waals surface area contributed by atoms with Gasteiger partial charge in [-0.15, -0.1) is 0 Å². The number of aliphatic hydroxyl groups is 1. The van der Waals surface area contributed by atoms with Crippen molar-refractivity contribution in [1.29, 1.82) is 0 Å². The highest BCUT2D eigenvalue weighted by molar-refractivity contribution is 6.02. The minimum Gasteiger partial charge on any atom is -0.508 e. The van der Waals surface area contributed by atoms with E-state index in [4.69, 9.17) is 4.74 Å². The summed E-state index contributed by atoms with van der Waals surface area (Å²) in [5.41, 5.74) is 2.90. The first kappa shape index (κ1) is 21.4. The number of carbonyl (C=O) groups excluding carboxylic acids is 1. The molecular weight excluding hydrogens is 384 g/mol. The van der Waals surface area contributed by atoms with E-state index >= 15 is 0 Å². The van der Waals surface area contributed by atoms with Crippen LogP contribution in [0.4, 0.5) is 0 Å². The zero-order chi connectivity index (χ0) is 21.5. The molecule has 0 radical (unpaired) electrons. The second kappa shape index (κ2) is 9.96. The van der Waals surface area contributed by atoms with Crippen molar-refractivity contribution in [2.24, 2.45) is 0 Å². The highest BCUT2D eigenvalue weighted by Crippen LogP contribution is 2.31. The third-order valence-corrected chi connectivity index (χ3v) is 4.93. The minimum atomic E-state index is -0.272. The number of ether oxygens (including phenoxy) is 1. The van der Waals surface area contributed by atoms with Gasteiger partial charge in [0, 0.05) is 42.9 Å². The van der Waals surface area contributed by atoms with Crippen molar-refractivity contribution in [2.75, 3.05) is 20.2 Å². The fraction of sp³-hybridized carbons (Fsp3) is 0.261. The number of phenols is 2. The van der Waals surface area contributed by atoms with Gasteiger partial charge >= 0.3 is 0 Å². The number of carbonyl (C=O) groups is 1. The number of nitrogens with one attached hydrogen (secondary N) is 2. The van der Waals surface area contributed by atoms with E-state index in [1.54, 1.807) is 36.4 Å². The van der Waals surface area contributed by atoms with Gasteiger partial charge in [-0.05, 0) is 41.5 Å². The number of aliphatic hydroxyl groups excluding tert-OH is 1. The molecule has 0 saturated carbocycles. The second-order valence-electron chi connectivity index (χ2n) is 7.02. The van der Waals surface area contributed by atoms with E-state index in [0.29, 0.717) is 29.8 Å². The van der Waals surface area contributed by atoms with Gasteiger partial charge < -0.3 is 30.7 Å². The Balaban J connectivity index is 1.73. The maximum Gasteiger partial charge on any atom is 0.180 e. The van der Waals surface area contributed by atoms with E-state index in [2.05, 4.69) is 10.6 Å². The predicted octanol–water partition coefficient (Wildman–Crippen LogP) is 2.39. The Bertz CT molecular complexity index is 968. The molecule has 30 heavy (non-hydrogen) atoms. The van der Waals surface area contributed by atoms with Crippen molar-refractivity contribution >= 4 is 11.9 Å². The molecule has 0 bridgehead atoms. The lowest BCUT2D eigenvalue weighted by Gasteiger charge is -2.17. The van der Waals surface area contributed by atoms with Crippen LogP contribution in [0.25, 0.3) is 6.08 Å². The number of phenolic OH excluding ortho intramolecular Hbond substituents is 1. The number of hydrogen-bond acceptors (Lipinski definition) is 7. The van der Waals surface area contributed by atoms with E-state index < -0.39 is 0 Å². The molecule has 1 heterocycles. The molecule has 7 nitrogen and oxygen atoms in total. The molecule has 0 amide bonds. The molecule has 7 heteroatoms. The van der Waals surface area contributed by atoms with Crippen LogP contribution in [0, 0.1) is 0 Å². The van der Waals surface area contributed by atoms with Crippen molar-refractivity contribution in [2.45, 2.75) is 19.1 Å². The molecule has 3 rings (SSSR count). The first-order valence-corrected chi connectivity index (χ1v) is 9.69. The molecule has 1 unspecified atom stereocenters. The molecular formula is C23H26N2O5. The lowest BCUT2D eigenvalue weighted by Crippen LogP contribution is -2.23. The van der Waals surface area contributed by atoms with Crippen LogP contribution in [-0.4, -0.2) is 41.3 Å². The standard InChI is InChI=1S/C23H26N2O5/c1-30-23-11-16(4-7-22(23)29)20-13-18(24-8-9-25-20)12-19(27)5-2-15-3-6-21(28)17(10-15)14-26/h2-7,10-12,20,24-26,28-29H,8-9,13-14H2,1H3/b5-2+,18-12-. The van der Waals surface area contributed by atoms with Gasteiger partial charge in [-0.2, -0.15) is 0 Å². The Labute approximate surface area is 175 Å². The predicted molar refractivity (Wildman–Crippen MR) is 114 cm³/mol. The molecule has 0 aliphatic carbocycles. The summed E-state index contributed by atoms with van der Waals surface area (Å²) in [6.45, 7) is 1.14. The van der Waals surface area contributed by atoms with E-state index in [0.717, 1.165) is 17.8 Å². The average Bonchev–Trinajstić information content (AvgIpc) is 2.99. The van der Waals surface area contributed by atoms with Crippen molar-refractivity contribution in [1.82, 2.24) is 10.6 Å². The minimum absolute atomic E-state index is 0.0233. The lowest BCUT2D eigenvalue weighted by atomic mass is 10.0. The van der Waals surface area contributed by atoms with Gasteiger partial charge in [0.2, 0.25) is 0 Å². The Morgan fingerprint density at radius 1 is 1.17 bits per heavy atom. The molecule has 5 N–H and O–H groups in total. The first-order valence-electron chi connectivity index (χ1n) is 9.69. The topological polar surface area (TPSA) is 111 Å². The first-order chi connectivity index (χ1) is 14.5. The highest BCUT2D eigenvalue weighted by Gasteiger charge is 2.18. The maximum atomic E-state index is 12.4. The quantitative estimate of drug-likeness (QED) is 0.465. The zero-order valence-corrected chi connectivity index (χ0v) is 16.8. The Hall–Kier alpha value is -3.29. The second-order valence-corrected chi connectivity index (χ2v) is 7.02. The Kier molecular flexibility index (Phi) is 7.11. The number of aromatic hydroxyl groups is 2. The molecule has 1 aliphatic heterocycles. The van der Waals surface area contributed by atoms with Gasteiger partial charge in [0.05, 0.1) is 13.7 Å². The van der Waals surface area contributed by atoms with Gasteiger partial charge in [-0.1, -0.05) is 18.2 Å². The molecule has 2 aromatic carbocycles. The van der Waals surface area contributed by atoms with Gasteiger partial charge in [-0.25, -0.2) is 0 Å². The number of methoxy groups -OCH3 is 1. The summed E-state index contributed by atoms with van der Waals surface area (Å²) in [7, 11) is 1.51. The molecule has 0 aromatic heterocycles. The summed E-state index contributed by atoms with van der Waals surface area (Å²) in [5, 5.41) is 35.4. The van der Waals surface area contributed by atoms with Gasteiger partial charge in [0.1, 0.15) is 5.75 Å². The van der Waals surface area contributed by atoms with Gasteiger partial charge in [-0.3, -0.25) is 4.79 Å². The summed E-state index contributed by atoms with van der Waals surface area (Å²) in [5.74, 6) is 0.352. The number of benzene rings is 2. The van der Waals surface area contributed by atoms with E-state index in [1.807, 2.05) is 6.07 Å². The smallest absolute Gasteiger partial charge is 0.180 e. The van der Waals surface area contributed by atoms with Crippen LogP contribution in [0.2, 0.25) is 0 Å². The molecule has 0 spiro atoms. The van der Waals surface area contributed by atoms with Crippen LogP contribution >= 0.6 is 0 Å². The fourth-order valence-electron chi connectivity index (χ4n) is 3.32. The van der Waals surface area contributed by atoms with Crippen molar-refractivity contribution in [3.8, 4) is 17.2 Å². The molecule has 2 aromatic rings. The summed E-state index contributed by atoms with van der Waals surface area (Å²) in [4.78, 5) is 12.4. The Morgan fingerprint density at radius 2 is 1.97 bits per heavy atom. The lowest BCUT2D eigenvalue weighted by molar-refractivity contribution is -0.110. The van der Waals surface area contributed by atoms with Crippen LogP contribution in [0.15, 0.2) is 54.2 Å². The molecule has 1 saturated heterocycles. The number of rotatable bonds is 6. The molecule has 158 valence electrons. The highest BCUT2D eigenvalue weighted by atomic mass is 16.5. The third kappa shape index (κ3) is 5.40. The summed E-state index contributed by atoms with van der Waals surface area (Å²) in [6.07, 6.45) is 5.26. The number of hydrogen-bond donors (Lipinski definition) is 5. The van der Waals surface area contributed by atoms with E-state index in [9.17, 15) is 20.1 Å². The average molecular weight is 410 g/mol. The largest absolute Gasteiger partial charge is 0.508 e. The normalized spacial score (nSPS) is 18.2. The van der Waals surface area contributed by atoms with Crippen LogP contribution in [0.1, 0.15) is 29.2 Å². The van der Waals surface area contributed by atoms with Crippen molar-refractivity contribution in [3.63, 3.8) is 0 Å². The van der Waals surface area contributed by atoms with Crippen LogP contribution in [0.3, 0.4) is 0 Å². The SMILES string of the molecule is COc1cc(C2C/C(=C/C(=O)/C=C/c3ccc(O)c(CO)c3)NCCN2)ccc1O. The third-order valence-electron chi connectivity index (χ3n) is 4.93. The number of ketones is 1. The van der Waals surface area contributed by atoms with Crippen molar-refractivity contribution < 1.29 is 24.9 Å². The molecule has 1 aliphatic rings. The van der Waals surface area contributed by atoms with Crippen LogP contribution in [0.5, 0.6) is 17.2 Å². The van der Waals surface area contributed by atoms with Crippen LogP contribution in [-0.2, 0) is 11.4 Å². The summed E-state index contributed by atoms with van der Waals surface area (Å²) >= 11 is 0. The monoisotopic (exact) mass is 410 g/mol. The number of allylic oxidation sites excluding steroid dienone is 2. The molecule has 1 fully saturated rings. The van der Waals surface area contributed by atoms with Crippen molar-refractivity contribution in [3.05, 3.63) is 70.9 Å². The van der Waals surface area contributed by atoms with E-state index in [1.165, 1.54) is 19.3 Å². The maximum absolute atomic E-state index is 12.4. The van der Waals surface area contributed by atoms with Gasteiger partial charge in [0.15, 0.2) is 17.3 Å². The van der Waals surface area contributed by atoms with Crippen LogP contribution < -0.4 is 15.4 Å². The summed E-state index contributed by atoms with van der Waals surface area (Å²) < 4.78 is 5.19. The fourth-order valence-corrected chi connectivity index (χ4v) is 3.32. The van der Waals surface area contributed by atoms with E-state index in [-0.39, 0.29) is 29.9 Å². The Morgan fingerprint density at radius 3 is 2.73 bits per heavy atom.